The molecule has 3 nitrogen and oxygen atoms in total. The Morgan fingerprint density at radius 2 is 1.82 bits per heavy atom. The largest absolute Gasteiger partial charge is 0.485 e. The Bertz CT molecular complexity index is 763. The number of nitrogens with zero attached hydrogens (tertiary/aromatic N) is 1. The molecule has 114 valence electrons. The van der Waals surface area contributed by atoms with Crippen molar-refractivity contribution in [1.29, 1.82) is 0 Å². The summed E-state index contributed by atoms with van der Waals surface area (Å²) < 4.78 is 5.98. The van der Waals surface area contributed by atoms with Crippen LogP contribution in [-0.2, 0) is 6.61 Å². The lowest BCUT2D eigenvalue weighted by atomic mass is 10.0. The maximum atomic E-state index is 5.98. The van der Waals surface area contributed by atoms with E-state index < -0.39 is 0 Å². The molecule has 0 amide bonds. The van der Waals surface area contributed by atoms with E-state index in [1.807, 2.05) is 12.1 Å². The number of ether oxygens (including phenoxy) is 1. The molecule has 3 rings (SSSR count). The van der Waals surface area contributed by atoms with E-state index in [0.717, 1.165) is 22.6 Å². The zero-order valence-electron chi connectivity index (χ0n) is 13.6. The number of H-pyrrole nitrogens is 1. The molecule has 1 N–H and O–H groups in total. The van der Waals surface area contributed by atoms with Crippen molar-refractivity contribution in [3.63, 3.8) is 0 Å². The van der Waals surface area contributed by atoms with Gasteiger partial charge in [0.1, 0.15) is 18.2 Å². The summed E-state index contributed by atoms with van der Waals surface area (Å²) in [5, 5.41) is 0. The molecule has 0 atom stereocenters. The second-order valence-corrected chi connectivity index (χ2v) is 6.12. The average Bonchev–Trinajstić information content (AvgIpc) is 2.87. The summed E-state index contributed by atoms with van der Waals surface area (Å²) in [4.78, 5) is 7.97. The van der Waals surface area contributed by atoms with Gasteiger partial charge >= 0.3 is 0 Å². The van der Waals surface area contributed by atoms with Crippen molar-refractivity contribution < 1.29 is 4.74 Å². The van der Waals surface area contributed by atoms with Gasteiger partial charge in [0, 0.05) is 0 Å². The van der Waals surface area contributed by atoms with Gasteiger partial charge in [-0.25, -0.2) is 4.98 Å². The number of hydrogen-bond donors (Lipinski definition) is 1. The Labute approximate surface area is 131 Å². The van der Waals surface area contributed by atoms with Gasteiger partial charge in [0.05, 0.1) is 11.0 Å². The third-order valence-electron chi connectivity index (χ3n) is 4.05. The Morgan fingerprint density at radius 3 is 2.59 bits per heavy atom. The first kappa shape index (κ1) is 14.6. The Kier molecular flexibility index (Phi) is 3.88. The van der Waals surface area contributed by atoms with Gasteiger partial charge in [-0.15, -0.1) is 0 Å². The third-order valence-corrected chi connectivity index (χ3v) is 4.05. The zero-order chi connectivity index (χ0) is 15.7. The number of hydrogen-bond acceptors (Lipinski definition) is 2. The number of imidazole rings is 1. The molecule has 0 unspecified atom stereocenters. The van der Waals surface area contributed by atoms with E-state index in [1.54, 1.807) is 0 Å². The molecule has 22 heavy (non-hydrogen) atoms. The molecule has 1 aromatic heterocycles. The van der Waals surface area contributed by atoms with Crippen molar-refractivity contribution in [1.82, 2.24) is 9.97 Å². The Morgan fingerprint density at radius 1 is 1.09 bits per heavy atom. The summed E-state index contributed by atoms with van der Waals surface area (Å²) in [6.07, 6.45) is 0. The minimum absolute atomic E-state index is 0.442. The van der Waals surface area contributed by atoms with Crippen LogP contribution in [0, 0.1) is 13.8 Å². The molecule has 0 aliphatic rings. The zero-order valence-corrected chi connectivity index (χ0v) is 13.6. The van der Waals surface area contributed by atoms with Crippen LogP contribution in [0.4, 0.5) is 0 Å². The lowest BCUT2D eigenvalue weighted by molar-refractivity contribution is 0.293. The fraction of sp³-hybridized carbons (Fsp3) is 0.316. The molecule has 0 saturated heterocycles. The van der Waals surface area contributed by atoms with E-state index in [2.05, 4.69) is 61.9 Å². The van der Waals surface area contributed by atoms with Crippen molar-refractivity contribution >= 4 is 11.0 Å². The van der Waals surface area contributed by atoms with Crippen molar-refractivity contribution in [2.75, 3.05) is 0 Å². The summed E-state index contributed by atoms with van der Waals surface area (Å²) >= 11 is 0. The first-order valence-corrected chi connectivity index (χ1v) is 7.72. The van der Waals surface area contributed by atoms with E-state index in [9.17, 15) is 0 Å². The van der Waals surface area contributed by atoms with Gasteiger partial charge in [0.25, 0.3) is 0 Å². The predicted molar refractivity (Wildman–Crippen MR) is 90.4 cm³/mol. The van der Waals surface area contributed by atoms with Gasteiger partial charge in [-0.3, -0.25) is 0 Å². The van der Waals surface area contributed by atoms with Gasteiger partial charge in [-0.05, 0) is 54.7 Å². The van der Waals surface area contributed by atoms with Crippen LogP contribution in [0.25, 0.3) is 11.0 Å². The second kappa shape index (κ2) is 5.84. The fourth-order valence-corrected chi connectivity index (χ4v) is 2.63. The summed E-state index contributed by atoms with van der Waals surface area (Å²) in [5.41, 5.74) is 5.83. The van der Waals surface area contributed by atoms with E-state index in [1.165, 1.54) is 16.7 Å². The number of nitrogens with one attached hydrogen (secondary N) is 1. The van der Waals surface area contributed by atoms with Crippen molar-refractivity contribution in [3.8, 4) is 5.75 Å². The molecule has 3 heteroatoms. The first-order chi connectivity index (χ1) is 10.5. The maximum Gasteiger partial charge on any atom is 0.146 e. The van der Waals surface area contributed by atoms with E-state index in [-0.39, 0.29) is 0 Å². The SMILES string of the molecule is Cc1cc2nc(COc3ccccc3C(C)C)[nH]c2cc1C. The van der Waals surface area contributed by atoms with Gasteiger partial charge in [0.2, 0.25) is 0 Å². The van der Waals surface area contributed by atoms with Gasteiger partial charge in [-0.1, -0.05) is 32.0 Å². The number of aromatic amines is 1. The van der Waals surface area contributed by atoms with Crippen molar-refractivity contribution in [2.45, 2.75) is 40.2 Å². The summed E-state index contributed by atoms with van der Waals surface area (Å²) in [6, 6.07) is 12.5. The van der Waals surface area contributed by atoms with Crippen LogP contribution in [0.1, 0.15) is 42.3 Å². The van der Waals surface area contributed by atoms with Crippen LogP contribution < -0.4 is 4.74 Å². The topological polar surface area (TPSA) is 37.9 Å². The molecular formula is C19H22N2O. The summed E-state index contributed by atoms with van der Waals surface area (Å²) in [5.74, 6) is 2.24. The Hall–Kier alpha value is -2.29. The van der Waals surface area contributed by atoms with Crippen LogP contribution in [0.3, 0.4) is 0 Å². The lowest BCUT2D eigenvalue weighted by Crippen LogP contribution is -2.01. The number of fused-ring (bicyclic) bond motifs is 1. The predicted octanol–water partition coefficient (Wildman–Crippen LogP) is 4.88. The molecule has 1 heterocycles. The van der Waals surface area contributed by atoms with Crippen LogP contribution in [0.5, 0.6) is 5.75 Å². The molecule has 0 saturated carbocycles. The quantitative estimate of drug-likeness (QED) is 0.744. The number of aryl methyl sites for hydroxylation is 2. The minimum Gasteiger partial charge on any atom is -0.485 e. The highest BCUT2D eigenvalue weighted by atomic mass is 16.5. The molecule has 0 fully saturated rings. The minimum atomic E-state index is 0.442. The van der Waals surface area contributed by atoms with Gasteiger partial charge < -0.3 is 9.72 Å². The highest BCUT2D eigenvalue weighted by molar-refractivity contribution is 5.77. The molecule has 0 aliphatic carbocycles. The van der Waals surface area contributed by atoms with Crippen molar-refractivity contribution in [2.24, 2.45) is 0 Å². The smallest absolute Gasteiger partial charge is 0.146 e. The van der Waals surface area contributed by atoms with Gasteiger partial charge in [0.15, 0.2) is 0 Å². The van der Waals surface area contributed by atoms with E-state index >= 15 is 0 Å². The fourth-order valence-electron chi connectivity index (χ4n) is 2.63. The highest BCUT2D eigenvalue weighted by Gasteiger charge is 2.09. The molecule has 0 radical (unpaired) electrons. The highest BCUT2D eigenvalue weighted by Crippen LogP contribution is 2.26. The number of benzene rings is 2. The molecule has 0 bridgehead atoms. The van der Waals surface area contributed by atoms with Crippen LogP contribution >= 0.6 is 0 Å². The molecule has 2 aromatic carbocycles. The number of aromatic nitrogens is 2. The average molecular weight is 294 g/mol. The summed E-state index contributed by atoms with van der Waals surface area (Å²) in [7, 11) is 0. The van der Waals surface area contributed by atoms with Crippen LogP contribution in [0.15, 0.2) is 36.4 Å². The first-order valence-electron chi connectivity index (χ1n) is 7.72. The van der Waals surface area contributed by atoms with E-state index in [0.29, 0.717) is 12.5 Å². The third kappa shape index (κ3) is 2.84. The summed E-state index contributed by atoms with van der Waals surface area (Å²) in [6.45, 7) is 9.03. The van der Waals surface area contributed by atoms with E-state index in [4.69, 9.17) is 4.74 Å². The Balaban J connectivity index is 1.82. The standard InChI is InChI=1S/C19H22N2O/c1-12(2)15-7-5-6-8-18(15)22-11-19-20-16-9-13(3)14(4)10-17(16)21-19/h5-10,12H,11H2,1-4H3,(H,20,21). The molecular weight excluding hydrogens is 272 g/mol. The molecule has 3 aromatic rings. The monoisotopic (exact) mass is 294 g/mol. The number of rotatable bonds is 4. The van der Waals surface area contributed by atoms with Crippen molar-refractivity contribution in [3.05, 3.63) is 58.9 Å². The molecule has 0 aliphatic heterocycles. The lowest BCUT2D eigenvalue weighted by Gasteiger charge is -2.12. The molecule has 0 spiro atoms. The van der Waals surface area contributed by atoms with Crippen LogP contribution in [-0.4, -0.2) is 9.97 Å². The second-order valence-electron chi connectivity index (χ2n) is 6.12. The van der Waals surface area contributed by atoms with Gasteiger partial charge in [-0.2, -0.15) is 0 Å². The normalized spacial score (nSPS) is 11.3. The van der Waals surface area contributed by atoms with Crippen LogP contribution in [0.2, 0.25) is 0 Å². The number of para-hydroxylation sites is 1. The maximum absolute atomic E-state index is 5.98.